The molecule has 8 nitrogen and oxygen atoms in total. The van der Waals surface area contributed by atoms with Crippen LogP contribution in [0.15, 0.2) is 34.9 Å². The number of rotatable bonds is 9. The highest BCUT2D eigenvalue weighted by molar-refractivity contribution is 9.10. The van der Waals surface area contributed by atoms with Crippen molar-refractivity contribution in [1.29, 1.82) is 0 Å². The minimum absolute atomic E-state index is 0.0710. The second kappa shape index (κ2) is 10.4. The molecule has 1 aromatic carbocycles. The lowest BCUT2D eigenvalue weighted by molar-refractivity contribution is -0.142. The van der Waals surface area contributed by atoms with E-state index in [-0.39, 0.29) is 30.1 Å². The molecule has 0 bridgehead atoms. The number of carbonyl (C=O) groups is 4. The van der Waals surface area contributed by atoms with Crippen molar-refractivity contribution in [3.05, 3.63) is 51.8 Å². The minimum Gasteiger partial charge on any atom is -0.496 e. The molecule has 1 saturated heterocycles. The molecule has 2 aromatic rings. The number of likely N-dealkylation sites (tertiary alicyclic amines) is 1. The number of Topliss-reactive ketones (excluding diaryl/α,β-unsaturated/α-hetero) is 2. The number of esters is 1. The number of ether oxygens (including phenoxy) is 2. The van der Waals surface area contributed by atoms with Crippen molar-refractivity contribution >= 4 is 39.4 Å². The number of aromatic amines is 1. The Kier molecular flexibility index (Phi) is 7.62. The monoisotopic (exact) mass is 490 g/mol. The van der Waals surface area contributed by atoms with Gasteiger partial charge in [0.25, 0.3) is 5.91 Å². The molecule has 31 heavy (non-hydrogen) atoms. The highest BCUT2D eigenvalue weighted by atomic mass is 79.9. The fraction of sp³-hybridized carbons (Fsp3) is 0.364. The summed E-state index contributed by atoms with van der Waals surface area (Å²) in [6.45, 7) is 0.967. The number of benzene rings is 1. The topological polar surface area (TPSA) is 106 Å². The highest BCUT2D eigenvalue weighted by Gasteiger charge is 2.22. The third-order valence-electron chi connectivity index (χ3n) is 5.01. The van der Waals surface area contributed by atoms with Crippen LogP contribution in [-0.4, -0.2) is 60.1 Å². The number of nitrogens with one attached hydrogen (secondary N) is 1. The van der Waals surface area contributed by atoms with Gasteiger partial charge < -0.3 is 19.4 Å². The molecule has 0 spiro atoms. The van der Waals surface area contributed by atoms with Crippen molar-refractivity contribution in [2.75, 3.05) is 26.8 Å². The molecule has 1 N–H and O–H groups in total. The summed E-state index contributed by atoms with van der Waals surface area (Å²) in [5.41, 5.74) is 0.971. The fourth-order valence-corrected chi connectivity index (χ4v) is 3.68. The van der Waals surface area contributed by atoms with Gasteiger partial charge in [-0.25, -0.2) is 0 Å². The maximum Gasteiger partial charge on any atom is 0.306 e. The molecule has 1 aliphatic rings. The maximum atomic E-state index is 12.4. The van der Waals surface area contributed by atoms with E-state index in [2.05, 4.69) is 20.9 Å². The third kappa shape index (κ3) is 5.81. The van der Waals surface area contributed by atoms with Crippen LogP contribution in [0.25, 0.3) is 0 Å². The van der Waals surface area contributed by atoms with Crippen LogP contribution in [0.3, 0.4) is 0 Å². The molecule has 164 valence electrons. The molecule has 0 aliphatic carbocycles. The second-order valence-electron chi connectivity index (χ2n) is 7.15. The number of amides is 1. The van der Waals surface area contributed by atoms with Gasteiger partial charge in [0.1, 0.15) is 11.4 Å². The molecule has 9 heteroatoms. The largest absolute Gasteiger partial charge is 0.496 e. The summed E-state index contributed by atoms with van der Waals surface area (Å²) in [7, 11) is 1.46. The van der Waals surface area contributed by atoms with E-state index in [9.17, 15) is 19.2 Å². The Morgan fingerprint density at radius 1 is 1.06 bits per heavy atom. The first kappa shape index (κ1) is 22.7. The normalized spacial score (nSPS) is 13.2. The van der Waals surface area contributed by atoms with Crippen LogP contribution in [0, 0.1) is 0 Å². The number of carbonyl (C=O) groups excluding carboxylic acids is 4. The van der Waals surface area contributed by atoms with Crippen molar-refractivity contribution in [2.45, 2.75) is 25.7 Å². The highest BCUT2D eigenvalue weighted by Crippen LogP contribution is 2.24. The number of methoxy groups -OCH3 is 1. The van der Waals surface area contributed by atoms with Crippen LogP contribution < -0.4 is 4.74 Å². The lowest BCUT2D eigenvalue weighted by Gasteiger charge is -2.13. The SMILES string of the molecule is COc1ccc(Br)cc1C(=O)CCC(=O)OCC(=O)c1c[nH]c(C(=O)N2CCCC2)c1. The Morgan fingerprint density at radius 3 is 2.52 bits per heavy atom. The van der Waals surface area contributed by atoms with Crippen molar-refractivity contribution < 1.29 is 28.7 Å². The standard InChI is InChI=1S/C22H23BrN2O6/c1-30-20-6-4-15(23)11-16(20)18(26)5-7-21(28)31-13-19(27)14-10-17(24-12-14)22(29)25-8-2-3-9-25/h4,6,10-12,24H,2-3,5,7-9,13H2,1H3. The van der Waals surface area contributed by atoms with Crippen LogP contribution in [0.5, 0.6) is 5.75 Å². The van der Waals surface area contributed by atoms with E-state index in [4.69, 9.17) is 9.47 Å². The van der Waals surface area contributed by atoms with E-state index in [1.54, 1.807) is 23.1 Å². The summed E-state index contributed by atoms with van der Waals surface area (Å²) in [6, 6.07) is 6.51. The molecule has 3 rings (SSSR count). The summed E-state index contributed by atoms with van der Waals surface area (Å²) in [5, 5.41) is 0. The molecule has 1 aliphatic heterocycles. The molecule has 1 aromatic heterocycles. The number of nitrogens with zero attached hydrogens (tertiary/aromatic N) is 1. The van der Waals surface area contributed by atoms with Gasteiger partial charge in [-0.1, -0.05) is 15.9 Å². The van der Waals surface area contributed by atoms with E-state index in [1.807, 2.05) is 0 Å². The number of ketones is 2. The maximum absolute atomic E-state index is 12.4. The summed E-state index contributed by atoms with van der Waals surface area (Å²) in [5.74, 6) is -1.07. The second-order valence-corrected chi connectivity index (χ2v) is 8.07. The molecular weight excluding hydrogens is 468 g/mol. The van der Waals surface area contributed by atoms with Gasteiger partial charge in [0.15, 0.2) is 12.4 Å². The Hall–Kier alpha value is -2.94. The summed E-state index contributed by atoms with van der Waals surface area (Å²) >= 11 is 3.30. The average molecular weight is 491 g/mol. The fourth-order valence-electron chi connectivity index (χ4n) is 3.32. The molecule has 0 radical (unpaired) electrons. The quantitative estimate of drug-likeness (QED) is 0.426. The number of H-pyrrole nitrogens is 1. The summed E-state index contributed by atoms with van der Waals surface area (Å²) in [6.07, 6.45) is 3.16. The van der Waals surface area contributed by atoms with Gasteiger partial charge in [0.2, 0.25) is 5.78 Å². The van der Waals surface area contributed by atoms with Gasteiger partial charge in [0.05, 0.1) is 19.1 Å². The van der Waals surface area contributed by atoms with Crippen LogP contribution in [0.2, 0.25) is 0 Å². The first-order valence-corrected chi connectivity index (χ1v) is 10.7. The molecular formula is C22H23BrN2O6. The zero-order valence-electron chi connectivity index (χ0n) is 17.1. The molecule has 1 amide bonds. The molecule has 0 atom stereocenters. The first-order valence-electron chi connectivity index (χ1n) is 9.92. The Bertz CT molecular complexity index is 994. The van der Waals surface area contributed by atoms with Crippen molar-refractivity contribution in [1.82, 2.24) is 9.88 Å². The van der Waals surface area contributed by atoms with E-state index in [0.717, 1.165) is 17.3 Å². The number of aromatic nitrogens is 1. The Balaban J connectivity index is 1.47. The minimum atomic E-state index is -0.653. The van der Waals surface area contributed by atoms with Gasteiger partial charge in [0, 0.05) is 35.7 Å². The molecule has 1 fully saturated rings. The van der Waals surface area contributed by atoms with E-state index >= 15 is 0 Å². The summed E-state index contributed by atoms with van der Waals surface area (Å²) in [4.78, 5) is 53.5. The average Bonchev–Trinajstić information content (AvgIpc) is 3.47. The molecule has 0 unspecified atom stereocenters. The van der Waals surface area contributed by atoms with Crippen LogP contribution >= 0.6 is 15.9 Å². The van der Waals surface area contributed by atoms with Gasteiger partial charge >= 0.3 is 5.97 Å². The third-order valence-corrected chi connectivity index (χ3v) is 5.50. The van der Waals surface area contributed by atoms with Crippen molar-refractivity contribution in [2.24, 2.45) is 0 Å². The van der Waals surface area contributed by atoms with Crippen LogP contribution in [-0.2, 0) is 9.53 Å². The van der Waals surface area contributed by atoms with Gasteiger partial charge in [-0.3, -0.25) is 19.2 Å². The Labute approximate surface area is 188 Å². The predicted octanol–water partition coefficient (Wildman–Crippen LogP) is 3.41. The van der Waals surface area contributed by atoms with E-state index in [0.29, 0.717) is 30.1 Å². The van der Waals surface area contributed by atoms with Crippen LogP contribution in [0.4, 0.5) is 0 Å². The number of halogens is 1. The predicted molar refractivity (Wildman–Crippen MR) is 115 cm³/mol. The van der Waals surface area contributed by atoms with E-state index < -0.39 is 18.4 Å². The van der Waals surface area contributed by atoms with Crippen LogP contribution in [0.1, 0.15) is 56.9 Å². The van der Waals surface area contributed by atoms with Gasteiger partial charge in [-0.2, -0.15) is 0 Å². The zero-order valence-corrected chi connectivity index (χ0v) is 18.7. The Morgan fingerprint density at radius 2 is 1.81 bits per heavy atom. The zero-order chi connectivity index (χ0) is 22.4. The van der Waals surface area contributed by atoms with E-state index in [1.165, 1.54) is 19.4 Å². The summed E-state index contributed by atoms with van der Waals surface area (Å²) < 4.78 is 10.9. The van der Waals surface area contributed by atoms with Crippen molar-refractivity contribution in [3.8, 4) is 5.75 Å². The number of hydrogen-bond donors (Lipinski definition) is 1. The van der Waals surface area contributed by atoms with Crippen molar-refractivity contribution in [3.63, 3.8) is 0 Å². The lowest BCUT2D eigenvalue weighted by Crippen LogP contribution is -2.27. The molecule has 2 heterocycles. The lowest BCUT2D eigenvalue weighted by atomic mass is 10.1. The van der Waals surface area contributed by atoms with Gasteiger partial charge in [-0.15, -0.1) is 0 Å². The van der Waals surface area contributed by atoms with Gasteiger partial charge in [-0.05, 0) is 37.1 Å². The number of hydrogen-bond acceptors (Lipinski definition) is 6. The first-order chi connectivity index (χ1) is 14.9. The smallest absolute Gasteiger partial charge is 0.306 e. The molecule has 0 saturated carbocycles.